The monoisotopic (exact) mass is 150 g/mol. The molecule has 0 bridgehead atoms. The van der Waals surface area contributed by atoms with Gasteiger partial charge in [0.15, 0.2) is 0 Å². The molecule has 0 N–H and O–H groups in total. The second kappa shape index (κ2) is 3.81. The van der Waals surface area contributed by atoms with E-state index in [1.165, 1.54) is 0 Å². The van der Waals surface area contributed by atoms with Gasteiger partial charge in [0.1, 0.15) is 6.54 Å². The molecule has 0 spiro atoms. The van der Waals surface area contributed by atoms with Crippen LogP contribution in [0, 0.1) is 4.91 Å². The molecule has 0 aromatic carbocycles. The first-order valence-electron chi connectivity index (χ1n) is 3.59. The second-order valence-corrected chi connectivity index (χ2v) is 2.30. The number of nitroso groups, excluding NO2 is 1. The molecule has 0 fully saturated rings. The number of hydrogen-bond acceptors (Lipinski definition) is 3. The molecule has 0 aliphatic rings. The fourth-order valence-corrected chi connectivity index (χ4v) is 0.894. The van der Waals surface area contributed by atoms with Crippen molar-refractivity contribution in [3.8, 4) is 0 Å². The van der Waals surface area contributed by atoms with E-state index in [-0.39, 0.29) is 6.54 Å². The first-order valence-corrected chi connectivity index (χ1v) is 3.59. The molecule has 1 aromatic rings. The second-order valence-electron chi connectivity index (χ2n) is 2.30. The van der Waals surface area contributed by atoms with Gasteiger partial charge in [-0.15, -0.1) is 0 Å². The highest BCUT2D eigenvalue weighted by Crippen LogP contribution is 2.03. The van der Waals surface area contributed by atoms with Crippen molar-refractivity contribution in [3.63, 3.8) is 0 Å². The van der Waals surface area contributed by atoms with E-state index in [9.17, 15) is 4.91 Å². The third-order valence-corrected chi connectivity index (χ3v) is 1.49. The number of hydrogen-bond donors (Lipinski definition) is 0. The Balaban J connectivity index is 2.82. The van der Waals surface area contributed by atoms with Crippen molar-refractivity contribution in [2.75, 3.05) is 0 Å². The predicted octanol–water partition coefficient (Wildman–Crippen LogP) is 1.91. The third-order valence-electron chi connectivity index (χ3n) is 1.49. The Bertz CT molecular complexity index is 248. The van der Waals surface area contributed by atoms with Gasteiger partial charge < -0.3 is 0 Å². The number of pyridine rings is 1. The quantitative estimate of drug-likeness (QED) is 0.617. The summed E-state index contributed by atoms with van der Waals surface area (Å²) in [4.78, 5) is 14.0. The van der Waals surface area contributed by atoms with Gasteiger partial charge in [0.05, 0.1) is 0 Å². The first kappa shape index (κ1) is 7.85. The van der Waals surface area contributed by atoms with Gasteiger partial charge in [0.25, 0.3) is 0 Å². The summed E-state index contributed by atoms with van der Waals surface area (Å²) in [6, 6.07) is 3.71. The smallest absolute Gasteiger partial charge is 0.106 e. The Kier molecular flexibility index (Phi) is 2.72. The van der Waals surface area contributed by atoms with Crippen molar-refractivity contribution < 1.29 is 0 Å². The fraction of sp³-hybridized carbons (Fsp3) is 0.375. The van der Waals surface area contributed by atoms with Gasteiger partial charge >= 0.3 is 0 Å². The Labute approximate surface area is 65.4 Å². The van der Waals surface area contributed by atoms with E-state index in [0.717, 1.165) is 17.7 Å². The Morgan fingerprint density at radius 2 is 2.45 bits per heavy atom. The largest absolute Gasteiger partial charge is 0.261 e. The van der Waals surface area contributed by atoms with Gasteiger partial charge in [-0.25, -0.2) is 0 Å². The summed E-state index contributed by atoms with van der Waals surface area (Å²) in [6.45, 7) is 2.27. The van der Waals surface area contributed by atoms with Gasteiger partial charge in [-0.1, -0.05) is 12.1 Å². The molecular formula is C8H10N2O. The van der Waals surface area contributed by atoms with Crippen molar-refractivity contribution in [3.05, 3.63) is 34.5 Å². The lowest BCUT2D eigenvalue weighted by atomic mass is 10.2. The average Bonchev–Trinajstić information content (AvgIpc) is 2.06. The highest BCUT2D eigenvalue weighted by atomic mass is 16.3. The zero-order chi connectivity index (χ0) is 8.10. The van der Waals surface area contributed by atoms with Crippen molar-refractivity contribution in [1.82, 2.24) is 4.98 Å². The zero-order valence-electron chi connectivity index (χ0n) is 6.45. The number of rotatable bonds is 3. The van der Waals surface area contributed by atoms with E-state index >= 15 is 0 Å². The maximum atomic E-state index is 9.90. The number of nitrogens with zero attached hydrogens (tertiary/aromatic N) is 2. The highest BCUT2D eigenvalue weighted by Gasteiger charge is 1.93. The molecule has 3 nitrogen and oxygen atoms in total. The Morgan fingerprint density at radius 3 is 3.09 bits per heavy atom. The lowest BCUT2D eigenvalue weighted by Crippen LogP contribution is -1.88. The van der Waals surface area contributed by atoms with Gasteiger partial charge in [0, 0.05) is 11.9 Å². The molecule has 0 saturated carbocycles. The van der Waals surface area contributed by atoms with Crippen LogP contribution in [0.1, 0.15) is 18.2 Å². The Hall–Kier alpha value is -1.25. The molecule has 1 rings (SSSR count). The van der Waals surface area contributed by atoms with E-state index in [0.29, 0.717) is 0 Å². The van der Waals surface area contributed by atoms with Crippen LogP contribution in [0.15, 0.2) is 23.5 Å². The third kappa shape index (κ3) is 2.11. The maximum Gasteiger partial charge on any atom is 0.106 e. The molecule has 0 aliphatic heterocycles. The molecule has 0 atom stereocenters. The van der Waals surface area contributed by atoms with Crippen LogP contribution in [-0.2, 0) is 13.0 Å². The fourth-order valence-electron chi connectivity index (χ4n) is 0.894. The van der Waals surface area contributed by atoms with Crippen LogP contribution >= 0.6 is 0 Å². The molecular weight excluding hydrogens is 140 g/mol. The van der Waals surface area contributed by atoms with E-state index in [2.05, 4.69) is 10.2 Å². The minimum atomic E-state index is 0.246. The lowest BCUT2D eigenvalue weighted by Gasteiger charge is -1.96. The summed E-state index contributed by atoms with van der Waals surface area (Å²) in [6.07, 6.45) is 2.60. The average molecular weight is 150 g/mol. The summed E-state index contributed by atoms with van der Waals surface area (Å²) in [5.74, 6) is 0. The van der Waals surface area contributed by atoms with Crippen molar-refractivity contribution >= 4 is 0 Å². The van der Waals surface area contributed by atoms with Crippen LogP contribution in [0.2, 0.25) is 0 Å². The SMILES string of the molecule is CCc1cc(CN=O)ccn1. The van der Waals surface area contributed by atoms with E-state index in [1.807, 2.05) is 13.0 Å². The minimum Gasteiger partial charge on any atom is -0.261 e. The van der Waals surface area contributed by atoms with E-state index in [1.54, 1.807) is 12.3 Å². The van der Waals surface area contributed by atoms with Gasteiger partial charge in [-0.05, 0) is 24.1 Å². The first-order chi connectivity index (χ1) is 5.36. The summed E-state index contributed by atoms with van der Waals surface area (Å²) >= 11 is 0. The molecule has 0 aliphatic carbocycles. The highest BCUT2D eigenvalue weighted by molar-refractivity contribution is 5.16. The van der Waals surface area contributed by atoms with E-state index < -0.39 is 0 Å². The van der Waals surface area contributed by atoms with Crippen LogP contribution in [-0.4, -0.2) is 4.98 Å². The lowest BCUT2D eigenvalue weighted by molar-refractivity contribution is 0.986. The number of aromatic nitrogens is 1. The van der Waals surface area contributed by atoms with Crippen LogP contribution in [0.4, 0.5) is 0 Å². The molecule has 1 heterocycles. The van der Waals surface area contributed by atoms with Crippen molar-refractivity contribution in [2.45, 2.75) is 19.9 Å². The summed E-state index contributed by atoms with van der Waals surface area (Å²) in [7, 11) is 0. The standard InChI is InChI=1S/C8H10N2O/c1-2-8-5-7(6-10-11)3-4-9-8/h3-5H,2,6H2,1H3. The van der Waals surface area contributed by atoms with Crippen molar-refractivity contribution in [1.29, 1.82) is 0 Å². The number of aryl methyl sites for hydroxylation is 1. The normalized spacial score (nSPS) is 9.55. The molecule has 0 amide bonds. The van der Waals surface area contributed by atoms with Crippen LogP contribution in [0.25, 0.3) is 0 Å². The van der Waals surface area contributed by atoms with Crippen LogP contribution in [0.5, 0.6) is 0 Å². The molecule has 1 aromatic heterocycles. The van der Waals surface area contributed by atoms with Gasteiger partial charge in [-0.3, -0.25) is 4.98 Å². The van der Waals surface area contributed by atoms with Crippen molar-refractivity contribution in [2.24, 2.45) is 5.18 Å². The van der Waals surface area contributed by atoms with Gasteiger partial charge in [0.2, 0.25) is 0 Å². The molecule has 11 heavy (non-hydrogen) atoms. The maximum absolute atomic E-state index is 9.90. The topological polar surface area (TPSA) is 42.3 Å². The zero-order valence-corrected chi connectivity index (χ0v) is 6.45. The van der Waals surface area contributed by atoms with E-state index in [4.69, 9.17) is 0 Å². The molecule has 0 radical (unpaired) electrons. The molecule has 3 heteroatoms. The Morgan fingerprint density at radius 1 is 1.64 bits per heavy atom. The molecule has 0 saturated heterocycles. The molecule has 0 unspecified atom stereocenters. The van der Waals surface area contributed by atoms with Crippen LogP contribution < -0.4 is 0 Å². The summed E-state index contributed by atoms with van der Waals surface area (Å²) in [5, 5.41) is 2.80. The van der Waals surface area contributed by atoms with Gasteiger partial charge in [-0.2, -0.15) is 4.91 Å². The molecule has 58 valence electrons. The minimum absolute atomic E-state index is 0.246. The summed E-state index contributed by atoms with van der Waals surface area (Å²) in [5.41, 5.74) is 1.94. The summed E-state index contributed by atoms with van der Waals surface area (Å²) < 4.78 is 0. The predicted molar refractivity (Wildman–Crippen MR) is 43.1 cm³/mol. The van der Waals surface area contributed by atoms with Crippen LogP contribution in [0.3, 0.4) is 0 Å².